The lowest BCUT2D eigenvalue weighted by Gasteiger charge is -2.10. The minimum atomic E-state index is 0.413. The molecule has 1 aromatic carbocycles. The molecule has 0 saturated carbocycles. The number of nitrogens with zero attached hydrogens (tertiary/aromatic N) is 3. The molecule has 0 aliphatic carbocycles. The van der Waals surface area contributed by atoms with Crippen LogP contribution in [0.15, 0.2) is 30.5 Å². The van der Waals surface area contributed by atoms with E-state index >= 15 is 0 Å². The fourth-order valence-corrected chi connectivity index (χ4v) is 1.70. The molecule has 0 spiro atoms. The van der Waals surface area contributed by atoms with Gasteiger partial charge in [-0.25, -0.2) is 4.68 Å². The lowest BCUT2D eigenvalue weighted by atomic mass is 10.1. The Morgan fingerprint density at radius 3 is 2.67 bits per heavy atom. The molecule has 2 aromatic rings. The second kappa shape index (κ2) is 5.53. The van der Waals surface area contributed by atoms with Crippen molar-refractivity contribution in [1.29, 1.82) is 0 Å². The second-order valence-corrected chi connectivity index (χ2v) is 4.45. The van der Waals surface area contributed by atoms with E-state index in [9.17, 15) is 0 Å². The summed E-state index contributed by atoms with van der Waals surface area (Å²) >= 11 is 0. The Morgan fingerprint density at radius 1 is 1.28 bits per heavy atom. The molecule has 96 valence electrons. The smallest absolute Gasteiger partial charge is 0.119 e. The Balaban J connectivity index is 1.88. The van der Waals surface area contributed by atoms with Crippen molar-refractivity contribution in [1.82, 2.24) is 15.0 Å². The van der Waals surface area contributed by atoms with Gasteiger partial charge < -0.3 is 10.5 Å². The number of nitrogen functional groups attached to an aromatic ring is 1. The maximum atomic E-state index is 5.62. The highest BCUT2D eigenvalue weighted by Gasteiger charge is 2.07. The zero-order chi connectivity index (χ0) is 13.0. The summed E-state index contributed by atoms with van der Waals surface area (Å²) in [6.07, 6.45) is 1.80. The van der Waals surface area contributed by atoms with Crippen LogP contribution in [0.4, 0.5) is 5.69 Å². The molecular formula is C13H18N4O. The molecule has 2 rings (SSSR count). The minimum absolute atomic E-state index is 0.413. The summed E-state index contributed by atoms with van der Waals surface area (Å²) < 4.78 is 7.50. The van der Waals surface area contributed by atoms with E-state index in [1.165, 1.54) is 0 Å². The lowest BCUT2D eigenvalue weighted by molar-refractivity contribution is 0.286. The maximum absolute atomic E-state index is 5.62. The van der Waals surface area contributed by atoms with Crippen molar-refractivity contribution in [2.24, 2.45) is 0 Å². The Bertz CT molecular complexity index is 490. The summed E-state index contributed by atoms with van der Waals surface area (Å²) in [4.78, 5) is 0. The molecule has 0 amide bonds. The van der Waals surface area contributed by atoms with E-state index in [1.54, 1.807) is 6.20 Å². The monoisotopic (exact) mass is 246 g/mol. The number of hydrogen-bond donors (Lipinski definition) is 1. The van der Waals surface area contributed by atoms with Crippen molar-refractivity contribution >= 4 is 5.69 Å². The molecule has 1 heterocycles. The molecule has 1 aromatic heterocycles. The number of anilines is 1. The van der Waals surface area contributed by atoms with Crippen LogP contribution in [0.25, 0.3) is 0 Å². The van der Waals surface area contributed by atoms with E-state index in [0.29, 0.717) is 19.1 Å². The summed E-state index contributed by atoms with van der Waals surface area (Å²) in [5.41, 5.74) is 7.47. The average Bonchev–Trinajstić information content (AvgIpc) is 2.80. The Kier molecular flexibility index (Phi) is 3.82. The van der Waals surface area contributed by atoms with Gasteiger partial charge in [0.2, 0.25) is 0 Å². The van der Waals surface area contributed by atoms with Gasteiger partial charge >= 0.3 is 0 Å². The second-order valence-electron chi connectivity index (χ2n) is 4.45. The summed E-state index contributed by atoms with van der Waals surface area (Å²) in [7, 11) is 0. The zero-order valence-corrected chi connectivity index (χ0v) is 10.7. The van der Waals surface area contributed by atoms with Gasteiger partial charge in [0.15, 0.2) is 0 Å². The highest BCUT2D eigenvalue weighted by molar-refractivity contribution is 5.41. The quantitative estimate of drug-likeness (QED) is 0.820. The number of benzene rings is 1. The fourth-order valence-electron chi connectivity index (χ4n) is 1.70. The van der Waals surface area contributed by atoms with Gasteiger partial charge in [0.05, 0.1) is 18.4 Å². The first kappa shape index (κ1) is 12.4. The molecule has 0 fully saturated rings. The molecule has 0 radical (unpaired) electrons. The minimum Gasteiger partial charge on any atom is -0.492 e. The largest absolute Gasteiger partial charge is 0.492 e. The van der Waals surface area contributed by atoms with Gasteiger partial charge in [0.25, 0.3) is 0 Å². The Hall–Kier alpha value is -2.04. The molecule has 0 saturated heterocycles. The van der Waals surface area contributed by atoms with Crippen molar-refractivity contribution in [2.75, 3.05) is 12.3 Å². The first-order chi connectivity index (χ1) is 8.66. The van der Waals surface area contributed by atoms with Gasteiger partial charge in [0, 0.05) is 5.69 Å². The third-order valence-corrected chi connectivity index (χ3v) is 2.69. The first-order valence-corrected chi connectivity index (χ1v) is 6.03. The van der Waals surface area contributed by atoms with E-state index in [-0.39, 0.29) is 0 Å². The third kappa shape index (κ3) is 3.00. The van der Waals surface area contributed by atoms with Crippen molar-refractivity contribution in [3.8, 4) is 5.75 Å². The predicted molar refractivity (Wildman–Crippen MR) is 70.5 cm³/mol. The van der Waals surface area contributed by atoms with Crippen LogP contribution in [0.3, 0.4) is 0 Å². The van der Waals surface area contributed by atoms with Crippen molar-refractivity contribution in [3.63, 3.8) is 0 Å². The predicted octanol–water partition coefficient (Wildman–Crippen LogP) is 2.06. The molecule has 0 atom stereocenters. The average molecular weight is 246 g/mol. The zero-order valence-electron chi connectivity index (χ0n) is 10.7. The molecule has 0 aliphatic rings. The number of nitrogens with two attached hydrogens (primary N) is 1. The van der Waals surface area contributed by atoms with Gasteiger partial charge in [-0.15, -0.1) is 5.10 Å². The topological polar surface area (TPSA) is 66.0 Å². The summed E-state index contributed by atoms with van der Waals surface area (Å²) in [5.74, 6) is 1.23. The van der Waals surface area contributed by atoms with Gasteiger partial charge in [0.1, 0.15) is 12.4 Å². The van der Waals surface area contributed by atoms with E-state index in [4.69, 9.17) is 10.5 Å². The Labute approximate surface area is 107 Å². The molecule has 2 N–H and O–H groups in total. The SMILES string of the molecule is CC(C)c1cnnn1CCOc1ccc(N)cc1. The Morgan fingerprint density at radius 2 is 2.00 bits per heavy atom. The maximum Gasteiger partial charge on any atom is 0.119 e. The van der Waals surface area contributed by atoms with Crippen LogP contribution in [0, 0.1) is 0 Å². The van der Waals surface area contributed by atoms with E-state index in [2.05, 4.69) is 24.2 Å². The van der Waals surface area contributed by atoms with E-state index in [0.717, 1.165) is 17.1 Å². The fraction of sp³-hybridized carbons (Fsp3) is 0.385. The highest BCUT2D eigenvalue weighted by Crippen LogP contribution is 2.14. The first-order valence-electron chi connectivity index (χ1n) is 6.03. The standard InChI is InChI=1S/C13H18N4O/c1-10(2)13-9-15-16-17(13)7-8-18-12-5-3-11(14)4-6-12/h3-6,9-10H,7-8,14H2,1-2H3. The molecule has 0 bridgehead atoms. The van der Waals surface area contributed by atoms with Crippen LogP contribution in [0.2, 0.25) is 0 Å². The van der Waals surface area contributed by atoms with Crippen LogP contribution in [0.5, 0.6) is 5.75 Å². The molecule has 0 unspecified atom stereocenters. The van der Waals surface area contributed by atoms with Crippen LogP contribution < -0.4 is 10.5 Å². The van der Waals surface area contributed by atoms with Gasteiger partial charge in [-0.05, 0) is 30.2 Å². The molecular weight excluding hydrogens is 228 g/mol. The summed E-state index contributed by atoms with van der Waals surface area (Å²) in [6, 6.07) is 7.37. The van der Waals surface area contributed by atoms with Crippen molar-refractivity contribution in [3.05, 3.63) is 36.2 Å². The van der Waals surface area contributed by atoms with E-state index < -0.39 is 0 Å². The number of aromatic nitrogens is 3. The molecule has 5 heteroatoms. The van der Waals surface area contributed by atoms with Gasteiger partial charge in [-0.1, -0.05) is 19.1 Å². The van der Waals surface area contributed by atoms with Gasteiger partial charge in [-0.2, -0.15) is 0 Å². The normalized spacial score (nSPS) is 10.8. The van der Waals surface area contributed by atoms with Crippen LogP contribution >= 0.6 is 0 Å². The highest BCUT2D eigenvalue weighted by atomic mass is 16.5. The number of rotatable bonds is 5. The molecule has 0 aliphatic heterocycles. The van der Waals surface area contributed by atoms with Crippen molar-refractivity contribution < 1.29 is 4.74 Å². The number of ether oxygens (including phenoxy) is 1. The van der Waals surface area contributed by atoms with Crippen LogP contribution in [-0.4, -0.2) is 21.6 Å². The van der Waals surface area contributed by atoms with E-state index in [1.807, 2.05) is 28.9 Å². The summed E-state index contributed by atoms with van der Waals surface area (Å²) in [5, 5.41) is 7.97. The molecule has 5 nitrogen and oxygen atoms in total. The summed E-state index contributed by atoms with van der Waals surface area (Å²) in [6.45, 7) is 5.50. The van der Waals surface area contributed by atoms with Crippen LogP contribution in [0.1, 0.15) is 25.5 Å². The lowest BCUT2D eigenvalue weighted by Crippen LogP contribution is -2.13. The third-order valence-electron chi connectivity index (χ3n) is 2.69. The number of hydrogen-bond acceptors (Lipinski definition) is 4. The molecule has 18 heavy (non-hydrogen) atoms. The van der Waals surface area contributed by atoms with Gasteiger partial charge in [-0.3, -0.25) is 0 Å². The van der Waals surface area contributed by atoms with Crippen molar-refractivity contribution in [2.45, 2.75) is 26.3 Å². The van der Waals surface area contributed by atoms with Crippen LogP contribution in [-0.2, 0) is 6.54 Å².